The van der Waals surface area contributed by atoms with Crippen LogP contribution in [-0.4, -0.2) is 27.7 Å². The fourth-order valence-electron chi connectivity index (χ4n) is 1.85. The lowest BCUT2D eigenvalue weighted by atomic mass is 9.98. The minimum Gasteiger partial charge on any atom is -0.507 e. The number of aromatic hydroxyl groups is 2. The van der Waals surface area contributed by atoms with E-state index in [1.807, 2.05) is 0 Å². The molecule has 0 atom stereocenters. The zero-order valence-corrected chi connectivity index (χ0v) is 11.1. The molecule has 0 aliphatic carbocycles. The highest BCUT2D eigenvalue weighted by Gasteiger charge is 2.22. The summed E-state index contributed by atoms with van der Waals surface area (Å²) in [5, 5.41) is 19.7. The van der Waals surface area contributed by atoms with E-state index < -0.39 is 28.9 Å². The zero-order chi connectivity index (χ0) is 14.7. The van der Waals surface area contributed by atoms with Crippen LogP contribution in [0.3, 0.4) is 0 Å². The van der Waals surface area contributed by atoms with Crippen molar-refractivity contribution >= 4 is 23.2 Å². The zero-order valence-electron chi connectivity index (χ0n) is 10.3. The van der Waals surface area contributed by atoms with Gasteiger partial charge in [0.05, 0.1) is 11.4 Å². The van der Waals surface area contributed by atoms with Gasteiger partial charge in [0.25, 0.3) is 0 Å². The third-order valence-electron chi connectivity index (χ3n) is 2.84. The minimum absolute atomic E-state index is 0.0533. The van der Waals surface area contributed by atoms with Gasteiger partial charge in [0.2, 0.25) is 0 Å². The smallest absolute Gasteiger partial charge is 0.196 e. The Morgan fingerprint density at radius 1 is 1.00 bits per heavy atom. The van der Waals surface area contributed by atoms with Crippen molar-refractivity contribution in [3.05, 3.63) is 59.2 Å². The molecule has 2 N–H and O–H groups in total. The Morgan fingerprint density at radius 3 is 2.25 bits per heavy atom. The van der Waals surface area contributed by atoms with Crippen LogP contribution >= 0.6 is 11.6 Å². The van der Waals surface area contributed by atoms with Crippen LogP contribution in [-0.2, 0) is 0 Å². The molecule has 2 rings (SSSR count). The van der Waals surface area contributed by atoms with Crippen molar-refractivity contribution in [1.29, 1.82) is 0 Å². The summed E-state index contributed by atoms with van der Waals surface area (Å²) in [5.41, 5.74) is -0.0120. The molecule has 0 unspecified atom stereocenters. The highest BCUT2D eigenvalue weighted by Crippen LogP contribution is 2.32. The van der Waals surface area contributed by atoms with E-state index in [4.69, 9.17) is 11.6 Å². The number of hydrogen-bond acceptors (Lipinski definition) is 4. The van der Waals surface area contributed by atoms with E-state index in [1.165, 1.54) is 12.1 Å². The fraction of sp³-hybridized carbons (Fsp3) is 0.0667. The normalized spacial score (nSPS) is 10.2. The second kappa shape index (κ2) is 5.75. The third-order valence-corrected chi connectivity index (χ3v) is 3.08. The number of hydrogen-bond donors (Lipinski definition) is 2. The summed E-state index contributed by atoms with van der Waals surface area (Å²) in [5.74, 6) is -2.44. The summed E-state index contributed by atoms with van der Waals surface area (Å²) in [6.45, 7) is 0. The quantitative estimate of drug-likeness (QED) is 0.671. The lowest BCUT2D eigenvalue weighted by Gasteiger charge is -2.09. The number of phenolic OH excluding ortho intramolecular Hbond substituents is 2. The van der Waals surface area contributed by atoms with E-state index in [1.54, 1.807) is 30.3 Å². The number of phenols is 2. The van der Waals surface area contributed by atoms with E-state index >= 15 is 0 Å². The number of carbonyl (C=O) groups is 2. The highest BCUT2D eigenvalue weighted by molar-refractivity contribution is 6.31. The number of benzene rings is 2. The van der Waals surface area contributed by atoms with E-state index in [-0.39, 0.29) is 11.1 Å². The number of rotatable bonds is 4. The van der Waals surface area contributed by atoms with E-state index in [0.29, 0.717) is 5.56 Å². The molecule has 0 amide bonds. The molecule has 0 spiro atoms. The summed E-state index contributed by atoms with van der Waals surface area (Å²) < 4.78 is 0. The first-order chi connectivity index (χ1) is 9.56. The summed E-state index contributed by atoms with van der Waals surface area (Å²) in [6, 6.07) is 10.8. The number of halogens is 1. The molecule has 0 aliphatic heterocycles. The molecular formula is C15H11ClO4. The summed E-state index contributed by atoms with van der Waals surface area (Å²) in [7, 11) is 0. The van der Waals surface area contributed by atoms with Crippen LogP contribution in [0.4, 0.5) is 0 Å². The van der Waals surface area contributed by atoms with Gasteiger partial charge in [-0.3, -0.25) is 9.59 Å². The maximum atomic E-state index is 12.3. The molecule has 2 aromatic rings. The van der Waals surface area contributed by atoms with Crippen molar-refractivity contribution < 1.29 is 19.8 Å². The van der Waals surface area contributed by atoms with Crippen LogP contribution in [0.25, 0.3) is 0 Å². The second-order valence-corrected chi connectivity index (χ2v) is 4.38. The van der Waals surface area contributed by atoms with Gasteiger partial charge >= 0.3 is 0 Å². The lowest BCUT2D eigenvalue weighted by Crippen LogP contribution is -2.07. The highest BCUT2D eigenvalue weighted by atomic mass is 35.5. The topological polar surface area (TPSA) is 74.6 Å². The predicted molar refractivity (Wildman–Crippen MR) is 74.7 cm³/mol. The molecule has 4 nitrogen and oxygen atoms in total. The van der Waals surface area contributed by atoms with Crippen molar-refractivity contribution in [1.82, 2.24) is 0 Å². The molecule has 2 aromatic carbocycles. The van der Waals surface area contributed by atoms with Crippen molar-refractivity contribution in [2.45, 2.75) is 0 Å². The van der Waals surface area contributed by atoms with Gasteiger partial charge in [0.15, 0.2) is 11.6 Å². The summed E-state index contributed by atoms with van der Waals surface area (Å²) >= 11 is 5.42. The third kappa shape index (κ3) is 2.51. The van der Waals surface area contributed by atoms with Crippen LogP contribution in [0.15, 0.2) is 42.5 Å². The maximum Gasteiger partial charge on any atom is 0.196 e. The van der Waals surface area contributed by atoms with E-state index in [9.17, 15) is 19.8 Å². The van der Waals surface area contributed by atoms with Gasteiger partial charge in [-0.05, 0) is 12.1 Å². The van der Waals surface area contributed by atoms with Gasteiger partial charge < -0.3 is 10.2 Å². The number of ketones is 2. The standard InChI is InChI=1S/C15H11ClO4/c16-8-12(18)13-11(17)7-6-10(15(13)20)14(19)9-4-2-1-3-5-9/h1-7,17,20H,8H2. The molecule has 0 radical (unpaired) electrons. The first kappa shape index (κ1) is 14.1. The van der Waals surface area contributed by atoms with E-state index in [0.717, 1.165) is 0 Å². The van der Waals surface area contributed by atoms with Gasteiger partial charge in [-0.15, -0.1) is 11.6 Å². The second-order valence-electron chi connectivity index (χ2n) is 4.11. The van der Waals surface area contributed by atoms with Crippen LogP contribution in [0.5, 0.6) is 11.5 Å². The Bertz CT molecular complexity index is 665. The van der Waals surface area contributed by atoms with Gasteiger partial charge in [-0.25, -0.2) is 0 Å². The molecular weight excluding hydrogens is 280 g/mol. The Labute approximate surface area is 120 Å². The molecule has 20 heavy (non-hydrogen) atoms. The summed E-state index contributed by atoms with van der Waals surface area (Å²) in [4.78, 5) is 23.9. The summed E-state index contributed by atoms with van der Waals surface area (Å²) in [6.07, 6.45) is 0. The molecule has 0 bridgehead atoms. The first-order valence-corrected chi connectivity index (χ1v) is 6.33. The Kier molecular flexibility index (Phi) is 4.05. The molecule has 0 aromatic heterocycles. The molecule has 0 saturated heterocycles. The molecule has 0 heterocycles. The van der Waals surface area contributed by atoms with Crippen LogP contribution in [0, 0.1) is 0 Å². The first-order valence-electron chi connectivity index (χ1n) is 5.80. The molecule has 0 aliphatic rings. The van der Waals surface area contributed by atoms with Crippen LogP contribution in [0.1, 0.15) is 26.3 Å². The molecule has 0 fully saturated rings. The average molecular weight is 291 g/mol. The van der Waals surface area contributed by atoms with E-state index in [2.05, 4.69) is 0 Å². The molecule has 0 saturated carbocycles. The van der Waals surface area contributed by atoms with Gasteiger partial charge in [0.1, 0.15) is 17.1 Å². The Balaban J connectivity index is 2.54. The Hall–Kier alpha value is -2.33. The predicted octanol–water partition coefficient (Wildman–Crippen LogP) is 2.75. The maximum absolute atomic E-state index is 12.3. The fourth-order valence-corrected chi connectivity index (χ4v) is 1.98. The van der Waals surface area contributed by atoms with Crippen molar-refractivity contribution in [3.8, 4) is 11.5 Å². The van der Waals surface area contributed by atoms with Crippen molar-refractivity contribution in [3.63, 3.8) is 0 Å². The lowest BCUT2D eigenvalue weighted by molar-refractivity contribution is 0.101. The number of Topliss-reactive ketones (excluding diaryl/α,β-unsaturated/α-hetero) is 1. The SMILES string of the molecule is O=C(c1ccccc1)c1ccc(O)c(C(=O)CCl)c1O. The van der Waals surface area contributed by atoms with Gasteiger partial charge in [-0.2, -0.15) is 0 Å². The van der Waals surface area contributed by atoms with Crippen molar-refractivity contribution in [2.24, 2.45) is 0 Å². The molecule has 5 heteroatoms. The largest absolute Gasteiger partial charge is 0.507 e. The van der Waals surface area contributed by atoms with Gasteiger partial charge in [-0.1, -0.05) is 30.3 Å². The van der Waals surface area contributed by atoms with Crippen LogP contribution in [0.2, 0.25) is 0 Å². The monoisotopic (exact) mass is 290 g/mol. The average Bonchev–Trinajstić information content (AvgIpc) is 2.47. The number of carbonyl (C=O) groups excluding carboxylic acids is 2. The van der Waals surface area contributed by atoms with Gasteiger partial charge in [0, 0.05) is 5.56 Å². The number of alkyl halides is 1. The van der Waals surface area contributed by atoms with Crippen LogP contribution < -0.4 is 0 Å². The molecule has 102 valence electrons. The van der Waals surface area contributed by atoms with Crippen molar-refractivity contribution in [2.75, 3.05) is 5.88 Å². The minimum atomic E-state index is -0.649. The Morgan fingerprint density at radius 2 is 1.65 bits per heavy atom.